The van der Waals surface area contributed by atoms with Crippen LogP contribution in [0.5, 0.6) is 0 Å². The second kappa shape index (κ2) is 4.93. The zero-order valence-electron chi connectivity index (χ0n) is 8.28. The van der Waals surface area contributed by atoms with Gasteiger partial charge in [0.15, 0.2) is 6.29 Å². The van der Waals surface area contributed by atoms with Crippen LogP contribution in [-0.2, 0) is 0 Å². The van der Waals surface area contributed by atoms with Crippen LogP contribution in [0.25, 0.3) is 11.1 Å². The van der Waals surface area contributed by atoms with E-state index >= 15 is 0 Å². The summed E-state index contributed by atoms with van der Waals surface area (Å²) < 4.78 is 1.94. The van der Waals surface area contributed by atoms with Crippen LogP contribution in [0, 0.1) is 0 Å². The number of benzene rings is 2. The van der Waals surface area contributed by atoms with E-state index in [1.165, 1.54) is 0 Å². The van der Waals surface area contributed by atoms with E-state index in [1.807, 2.05) is 42.5 Å². The zero-order valence-corrected chi connectivity index (χ0v) is 11.5. The van der Waals surface area contributed by atoms with Crippen molar-refractivity contribution >= 4 is 38.1 Å². The Morgan fingerprint density at radius 2 is 1.50 bits per heavy atom. The van der Waals surface area contributed by atoms with E-state index in [-0.39, 0.29) is 0 Å². The fourth-order valence-corrected chi connectivity index (χ4v) is 3.01. The molecule has 3 heteroatoms. The monoisotopic (exact) mass is 338 g/mol. The number of carbonyl (C=O) groups is 1. The van der Waals surface area contributed by atoms with Crippen molar-refractivity contribution < 1.29 is 4.79 Å². The Bertz CT molecular complexity index is 515. The lowest BCUT2D eigenvalue weighted by Crippen LogP contribution is -1.89. The van der Waals surface area contributed by atoms with E-state index in [0.717, 1.165) is 26.4 Å². The molecule has 0 spiro atoms. The fraction of sp³-hybridized carbons (Fsp3) is 0. The van der Waals surface area contributed by atoms with Gasteiger partial charge in [0.05, 0.1) is 0 Å². The zero-order chi connectivity index (χ0) is 11.5. The van der Waals surface area contributed by atoms with Gasteiger partial charge in [0, 0.05) is 20.1 Å². The largest absolute Gasteiger partial charge is 0.298 e. The summed E-state index contributed by atoms with van der Waals surface area (Å²) in [6.07, 6.45) is 0.876. The third-order valence-corrected chi connectivity index (χ3v) is 3.64. The van der Waals surface area contributed by atoms with E-state index < -0.39 is 0 Å². The summed E-state index contributed by atoms with van der Waals surface area (Å²) in [7, 11) is 0. The van der Waals surface area contributed by atoms with Gasteiger partial charge in [-0.15, -0.1) is 0 Å². The summed E-state index contributed by atoms with van der Waals surface area (Å²) in [5.74, 6) is 0. The molecule has 0 radical (unpaired) electrons. The van der Waals surface area contributed by atoms with Gasteiger partial charge in [0.1, 0.15) is 0 Å². The Morgan fingerprint density at radius 3 is 2.12 bits per heavy atom. The van der Waals surface area contributed by atoms with Gasteiger partial charge in [0.2, 0.25) is 0 Å². The van der Waals surface area contributed by atoms with E-state index in [2.05, 4.69) is 31.9 Å². The van der Waals surface area contributed by atoms with Crippen LogP contribution in [0.1, 0.15) is 10.4 Å². The van der Waals surface area contributed by atoms with Gasteiger partial charge in [0.25, 0.3) is 0 Å². The molecule has 0 saturated heterocycles. The molecule has 1 nitrogen and oxygen atoms in total. The van der Waals surface area contributed by atoms with Crippen molar-refractivity contribution in [3.05, 3.63) is 57.0 Å². The molecular weight excluding hydrogens is 332 g/mol. The van der Waals surface area contributed by atoms with Crippen LogP contribution in [-0.4, -0.2) is 6.29 Å². The maximum Gasteiger partial charge on any atom is 0.150 e. The second-order valence-electron chi connectivity index (χ2n) is 3.30. The van der Waals surface area contributed by atoms with Gasteiger partial charge in [-0.2, -0.15) is 0 Å². The van der Waals surface area contributed by atoms with Gasteiger partial charge >= 0.3 is 0 Å². The van der Waals surface area contributed by atoms with Crippen LogP contribution in [0.3, 0.4) is 0 Å². The molecule has 0 aliphatic heterocycles. The minimum Gasteiger partial charge on any atom is -0.298 e. The van der Waals surface area contributed by atoms with Gasteiger partial charge in [-0.25, -0.2) is 0 Å². The van der Waals surface area contributed by atoms with Gasteiger partial charge in [-0.1, -0.05) is 62.2 Å². The Hall–Kier alpha value is -0.930. The molecule has 2 aromatic rings. The Labute approximate surface area is 111 Å². The molecule has 0 aromatic heterocycles. The molecular formula is C13H8Br2O. The van der Waals surface area contributed by atoms with Crippen molar-refractivity contribution in [3.8, 4) is 11.1 Å². The van der Waals surface area contributed by atoms with E-state index in [4.69, 9.17) is 0 Å². The van der Waals surface area contributed by atoms with Crippen molar-refractivity contribution in [1.29, 1.82) is 0 Å². The third-order valence-electron chi connectivity index (χ3n) is 2.32. The first-order valence-corrected chi connectivity index (χ1v) is 6.31. The van der Waals surface area contributed by atoms with Crippen molar-refractivity contribution in [2.24, 2.45) is 0 Å². The summed E-state index contributed by atoms with van der Waals surface area (Å²) in [6, 6.07) is 13.4. The van der Waals surface area contributed by atoms with Crippen LogP contribution >= 0.6 is 31.9 Å². The van der Waals surface area contributed by atoms with Crippen LogP contribution in [0.15, 0.2) is 51.4 Å². The minimum atomic E-state index is 0.690. The minimum absolute atomic E-state index is 0.690. The summed E-state index contributed by atoms with van der Waals surface area (Å²) in [6.45, 7) is 0. The molecule has 2 aromatic carbocycles. The van der Waals surface area contributed by atoms with Crippen LogP contribution in [0.4, 0.5) is 0 Å². The molecule has 0 saturated carbocycles. The maximum atomic E-state index is 11.0. The molecule has 0 N–H and O–H groups in total. The number of hydrogen-bond acceptors (Lipinski definition) is 1. The molecule has 16 heavy (non-hydrogen) atoms. The van der Waals surface area contributed by atoms with Crippen LogP contribution in [0.2, 0.25) is 0 Å². The predicted molar refractivity (Wildman–Crippen MR) is 72.7 cm³/mol. The normalized spacial score (nSPS) is 10.1. The Balaban J connectivity index is 2.72. The van der Waals surface area contributed by atoms with E-state index in [0.29, 0.717) is 5.56 Å². The first-order valence-electron chi connectivity index (χ1n) is 4.72. The lowest BCUT2D eigenvalue weighted by atomic mass is 10.0. The van der Waals surface area contributed by atoms with Crippen molar-refractivity contribution in [2.45, 2.75) is 0 Å². The molecule has 0 unspecified atom stereocenters. The van der Waals surface area contributed by atoms with Gasteiger partial charge in [-0.05, 0) is 17.7 Å². The van der Waals surface area contributed by atoms with Gasteiger partial charge in [-0.3, -0.25) is 4.79 Å². The Kier molecular flexibility index (Phi) is 3.56. The standard InChI is InChI=1S/C13H8Br2O/c14-11-6-3-7-12(15)13(11)10-5-2-1-4-9(10)8-16/h1-8H. The average Bonchev–Trinajstić information content (AvgIpc) is 2.29. The fourth-order valence-electron chi connectivity index (χ4n) is 1.58. The highest BCUT2D eigenvalue weighted by atomic mass is 79.9. The van der Waals surface area contributed by atoms with Gasteiger partial charge < -0.3 is 0 Å². The molecule has 0 aliphatic rings. The molecule has 0 amide bonds. The molecule has 0 aliphatic carbocycles. The molecule has 0 heterocycles. The summed E-state index contributed by atoms with van der Waals surface area (Å²) in [5.41, 5.74) is 2.62. The topological polar surface area (TPSA) is 17.1 Å². The highest BCUT2D eigenvalue weighted by Crippen LogP contribution is 2.36. The second-order valence-corrected chi connectivity index (χ2v) is 5.01. The first-order chi connectivity index (χ1) is 7.74. The Morgan fingerprint density at radius 1 is 0.875 bits per heavy atom. The molecule has 2 rings (SSSR count). The molecule has 0 atom stereocenters. The van der Waals surface area contributed by atoms with Crippen molar-refractivity contribution in [1.82, 2.24) is 0 Å². The summed E-state index contributed by atoms with van der Waals surface area (Å²) in [5, 5.41) is 0. The average molecular weight is 340 g/mol. The van der Waals surface area contributed by atoms with E-state index in [1.54, 1.807) is 0 Å². The molecule has 0 fully saturated rings. The molecule has 0 bridgehead atoms. The number of hydrogen-bond donors (Lipinski definition) is 0. The number of rotatable bonds is 2. The smallest absolute Gasteiger partial charge is 0.150 e. The predicted octanol–water partition coefficient (Wildman–Crippen LogP) is 4.69. The highest BCUT2D eigenvalue weighted by Gasteiger charge is 2.10. The highest BCUT2D eigenvalue weighted by molar-refractivity contribution is 9.11. The number of aldehydes is 1. The van der Waals surface area contributed by atoms with E-state index in [9.17, 15) is 4.79 Å². The van der Waals surface area contributed by atoms with Crippen LogP contribution < -0.4 is 0 Å². The SMILES string of the molecule is O=Cc1ccccc1-c1c(Br)cccc1Br. The lowest BCUT2D eigenvalue weighted by molar-refractivity contribution is 0.112. The number of carbonyl (C=O) groups excluding carboxylic acids is 1. The quantitative estimate of drug-likeness (QED) is 0.725. The van der Waals surface area contributed by atoms with Crippen molar-refractivity contribution in [2.75, 3.05) is 0 Å². The first kappa shape index (κ1) is 11.6. The summed E-state index contributed by atoms with van der Waals surface area (Å²) >= 11 is 7.00. The molecule has 80 valence electrons. The number of halogens is 2. The maximum absolute atomic E-state index is 11.0. The van der Waals surface area contributed by atoms with Crippen molar-refractivity contribution in [3.63, 3.8) is 0 Å². The lowest BCUT2D eigenvalue weighted by Gasteiger charge is -2.09. The third kappa shape index (κ3) is 2.11. The summed E-state index contributed by atoms with van der Waals surface area (Å²) in [4.78, 5) is 11.0.